The minimum atomic E-state index is -0.758. The lowest BCUT2D eigenvalue weighted by Gasteiger charge is -2.13. The summed E-state index contributed by atoms with van der Waals surface area (Å²) in [6.07, 6.45) is 1.61. The van der Waals surface area contributed by atoms with Gasteiger partial charge in [-0.05, 0) is 32.5 Å². The van der Waals surface area contributed by atoms with Crippen LogP contribution >= 0.6 is 0 Å². The minimum absolute atomic E-state index is 0.404. The summed E-state index contributed by atoms with van der Waals surface area (Å²) in [6, 6.07) is -0.404. The molecule has 1 unspecified atom stereocenters. The van der Waals surface area contributed by atoms with Gasteiger partial charge in [0.05, 0.1) is 0 Å². The quantitative estimate of drug-likeness (QED) is 0.484. The highest BCUT2D eigenvalue weighted by molar-refractivity contribution is 5.73. The molecule has 4 heteroatoms. The van der Waals surface area contributed by atoms with E-state index in [0.717, 1.165) is 26.1 Å². The van der Waals surface area contributed by atoms with Crippen molar-refractivity contribution in [1.82, 2.24) is 10.6 Å². The molecule has 0 saturated heterocycles. The van der Waals surface area contributed by atoms with Gasteiger partial charge in [-0.2, -0.15) is 0 Å². The van der Waals surface area contributed by atoms with Crippen molar-refractivity contribution < 1.29 is 9.90 Å². The van der Waals surface area contributed by atoms with Crippen LogP contribution in [0.15, 0.2) is 0 Å². The average molecular weight is 188 g/mol. The molecule has 0 amide bonds. The van der Waals surface area contributed by atoms with Crippen LogP contribution in [0.1, 0.15) is 26.7 Å². The number of carboxylic acid groups (broad SMARTS) is 1. The van der Waals surface area contributed by atoms with Crippen LogP contribution in [0.4, 0.5) is 0 Å². The molecule has 3 N–H and O–H groups in total. The molecular formula is C9H20N2O2. The van der Waals surface area contributed by atoms with Crippen molar-refractivity contribution in [3.63, 3.8) is 0 Å². The maximum absolute atomic E-state index is 10.7. The summed E-state index contributed by atoms with van der Waals surface area (Å²) in [5.74, 6) is -0.758. The van der Waals surface area contributed by atoms with Gasteiger partial charge in [0.15, 0.2) is 0 Å². The monoisotopic (exact) mass is 188 g/mol. The number of carbonyl (C=O) groups is 1. The third-order valence-electron chi connectivity index (χ3n) is 1.80. The van der Waals surface area contributed by atoms with E-state index in [0.29, 0.717) is 6.42 Å². The minimum Gasteiger partial charge on any atom is -0.480 e. The van der Waals surface area contributed by atoms with Gasteiger partial charge in [0.1, 0.15) is 6.04 Å². The fourth-order valence-electron chi connectivity index (χ4n) is 1.05. The Labute approximate surface area is 79.7 Å². The molecule has 0 radical (unpaired) electrons. The second kappa shape index (κ2) is 8.01. The van der Waals surface area contributed by atoms with E-state index in [1.807, 2.05) is 13.8 Å². The van der Waals surface area contributed by atoms with Crippen molar-refractivity contribution in [2.75, 3.05) is 19.6 Å². The Morgan fingerprint density at radius 2 is 2.08 bits per heavy atom. The lowest BCUT2D eigenvalue weighted by atomic mass is 10.2. The van der Waals surface area contributed by atoms with Gasteiger partial charge in [-0.25, -0.2) is 0 Å². The second-order valence-corrected chi connectivity index (χ2v) is 2.99. The van der Waals surface area contributed by atoms with Crippen molar-refractivity contribution in [3.05, 3.63) is 0 Å². The first-order valence-electron chi connectivity index (χ1n) is 4.89. The lowest BCUT2D eigenvalue weighted by molar-refractivity contribution is -0.139. The largest absolute Gasteiger partial charge is 0.480 e. The van der Waals surface area contributed by atoms with Crippen LogP contribution in [0, 0.1) is 0 Å². The van der Waals surface area contributed by atoms with Crippen LogP contribution in [0.5, 0.6) is 0 Å². The van der Waals surface area contributed by atoms with Gasteiger partial charge in [0.25, 0.3) is 0 Å². The molecule has 0 aliphatic rings. The predicted molar refractivity (Wildman–Crippen MR) is 52.9 cm³/mol. The number of hydrogen-bond donors (Lipinski definition) is 3. The van der Waals surface area contributed by atoms with E-state index in [4.69, 9.17) is 5.11 Å². The zero-order chi connectivity index (χ0) is 10.1. The summed E-state index contributed by atoms with van der Waals surface area (Å²) in [6.45, 7) is 6.44. The summed E-state index contributed by atoms with van der Waals surface area (Å²) >= 11 is 0. The maximum Gasteiger partial charge on any atom is 0.320 e. The zero-order valence-corrected chi connectivity index (χ0v) is 8.47. The number of carboxylic acids is 1. The Morgan fingerprint density at radius 1 is 1.38 bits per heavy atom. The molecule has 0 aromatic carbocycles. The molecule has 0 aliphatic heterocycles. The molecule has 13 heavy (non-hydrogen) atoms. The molecule has 1 atom stereocenters. The summed E-state index contributed by atoms with van der Waals surface area (Å²) < 4.78 is 0. The summed E-state index contributed by atoms with van der Waals surface area (Å²) in [5, 5.41) is 14.9. The second-order valence-electron chi connectivity index (χ2n) is 2.99. The number of rotatable bonds is 8. The lowest BCUT2D eigenvalue weighted by Crippen LogP contribution is -2.39. The van der Waals surface area contributed by atoms with Gasteiger partial charge >= 0.3 is 5.97 Å². The average Bonchev–Trinajstić information content (AvgIpc) is 2.10. The molecule has 4 nitrogen and oxygen atoms in total. The highest BCUT2D eigenvalue weighted by atomic mass is 16.4. The zero-order valence-electron chi connectivity index (χ0n) is 8.47. The first-order chi connectivity index (χ1) is 6.22. The number of nitrogens with one attached hydrogen (secondary N) is 2. The van der Waals surface area contributed by atoms with Crippen LogP contribution in [0.25, 0.3) is 0 Å². The normalized spacial score (nSPS) is 12.8. The summed E-state index contributed by atoms with van der Waals surface area (Å²) in [5.41, 5.74) is 0. The van der Waals surface area contributed by atoms with Crippen molar-refractivity contribution in [2.24, 2.45) is 0 Å². The van der Waals surface area contributed by atoms with E-state index in [1.54, 1.807) is 0 Å². The third kappa shape index (κ3) is 6.54. The van der Waals surface area contributed by atoms with E-state index in [9.17, 15) is 4.79 Å². The van der Waals surface area contributed by atoms with E-state index < -0.39 is 12.0 Å². The van der Waals surface area contributed by atoms with Gasteiger partial charge in [-0.1, -0.05) is 13.8 Å². The first kappa shape index (κ1) is 12.4. The smallest absolute Gasteiger partial charge is 0.320 e. The van der Waals surface area contributed by atoms with Crippen molar-refractivity contribution in [2.45, 2.75) is 32.7 Å². The molecular weight excluding hydrogens is 168 g/mol. The maximum atomic E-state index is 10.7. The highest BCUT2D eigenvalue weighted by Gasteiger charge is 2.14. The van der Waals surface area contributed by atoms with Crippen molar-refractivity contribution in [3.8, 4) is 0 Å². The first-order valence-corrected chi connectivity index (χ1v) is 4.89. The molecule has 0 aromatic heterocycles. The van der Waals surface area contributed by atoms with E-state index in [-0.39, 0.29) is 0 Å². The Balaban J connectivity index is 3.61. The van der Waals surface area contributed by atoms with Gasteiger partial charge in [0.2, 0.25) is 0 Å². The van der Waals surface area contributed by atoms with E-state index in [2.05, 4.69) is 10.6 Å². The van der Waals surface area contributed by atoms with Crippen LogP contribution < -0.4 is 10.6 Å². The number of aliphatic carboxylic acids is 1. The Hall–Kier alpha value is -0.610. The van der Waals surface area contributed by atoms with Crippen LogP contribution in [0.2, 0.25) is 0 Å². The molecule has 78 valence electrons. The molecule has 0 bridgehead atoms. The fraction of sp³-hybridized carbons (Fsp3) is 0.889. The summed E-state index contributed by atoms with van der Waals surface area (Å²) in [4.78, 5) is 10.7. The molecule has 0 heterocycles. The van der Waals surface area contributed by atoms with Crippen molar-refractivity contribution in [1.29, 1.82) is 0 Å². The fourth-order valence-corrected chi connectivity index (χ4v) is 1.05. The van der Waals surface area contributed by atoms with Gasteiger partial charge in [0, 0.05) is 0 Å². The van der Waals surface area contributed by atoms with Crippen molar-refractivity contribution >= 4 is 5.97 Å². The van der Waals surface area contributed by atoms with E-state index in [1.165, 1.54) is 0 Å². The molecule has 0 fully saturated rings. The van der Waals surface area contributed by atoms with E-state index >= 15 is 0 Å². The Bertz CT molecular complexity index is 140. The molecule has 0 spiro atoms. The van der Waals surface area contributed by atoms with Crippen LogP contribution in [0.3, 0.4) is 0 Å². The molecule has 0 rings (SSSR count). The molecule has 0 saturated carbocycles. The van der Waals surface area contributed by atoms with Gasteiger partial charge in [-0.15, -0.1) is 0 Å². The van der Waals surface area contributed by atoms with Crippen LogP contribution in [-0.2, 0) is 4.79 Å². The Kier molecular flexibility index (Phi) is 7.63. The predicted octanol–water partition coefficient (Wildman–Crippen LogP) is 0.439. The van der Waals surface area contributed by atoms with Gasteiger partial charge in [-0.3, -0.25) is 4.79 Å². The Morgan fingerprint density at radius 3 is 2.54 bits per heavy atom. The number of hydrogen-bond acceptors (Lipinski definition) is 3. The molecule has 0 aromatic rings. The molecule has 0 aliphatic carbocycles. The van der Waals surface area contributed by atoms with Gasteiger partial charge < -0.3 is 15.7 Å². The topological polar surface area (TPSA) is 61.4 Å². The summed E-state index contributed by atoms with van der Waals surface area (Å²) in [7, 11) is 0. The SMILES string of the molecule is CCCNC(CCNCC)C(=O)O. The highest BCUT2D eigenvalue weighted by Crippen LogP contribution is 1.91. The standard InChI is InChI=1S/C9H20N2O2/c1-3-6-11-8(9(12)13)5-7-10-4-2/h8,10-11H,3-7H2,1-2H3,(H,12,13). The third-order valence-corrected chi connectivity index (χ3v) is 1.80. The van der Waals surface area contributed by atoms with Crippen LogP contribution in [-0.4, -0.2) is 36.8 Å².